The van der Waals surface area contributed by atoms with E-state index in [0.717, 1.165) is 32.9 Å². The van der Waals surface area contributed by atoms with Gasteiger partial charge in [0, 0.05) is 14.7 Å². The zero-order valence-electron chi connectivity index (χ0n) is 7.02. The van der Waals surface area contributed by atoms with E-state index < -0.39 is 0 Å². The van der Waals surface area contributed by atoms with Crippen molar-refractivity contribution in [2.75, 3.05) is 6.61 Å². The number of benzene rings is 1. The van der Waals surface area contributed by atoms with E-state index in [1.54, 1.807) is 0 Å². The third-order valence-corrected chi connectivity index (χ3v) is 3.16. The third kappa shape index (κ3) is 3.99. The first-order valence-corrected chi connectivity index (χ1v) is 6.54. The Bertz CT molecular complexity index is 280. The summed E-state index contributed by atoms with van der Waals surface area (Å²) in [5.74, 6) is 0.962. The van der Waals surface area contributed by atoms with Crippen LogP contribution in [0.1, 0.15) is 6.42 Å². The van der Waals surface area contributed by atoms with Crippen molar-refractivity contribution in [2.24, 2.45) is 0 Å². The van der Waals surface area contributed by atoms with Crippen LogP contribution in [0.25, 0.3) is 0 Å². The summed E-state index contributed by atoms with van der Waals surface area (Å²) in [7, 11) is 3.41. The first-order valence-electron chi connectivity index (χ1n) is 3.96. The summed E-state index contributed by atoms with van der Waals surface area (Å²) in [6.45, 7) is 0.765. The second kappa shape index (κ2) is 6.03. The molecule has 0 aliphatic rings. The van der Waals surface area contributed by atoms with E-state index in [1.807, 2.05) is 18.2 Å². The van der Waals surface area contributed by atoms with Gasteiger partial charge in [-0.05, 0) is 47.2 Å². The van der Waals surface area contributed by atoms with Gasteiger partial charge in [0.2, 0.25) is 0 Å². The lowest BCUT2D eigenvalue weighted by Crippen LogP contribution is -1.98. The van der Waals surface area contributed by atoms with Gasteiger partial charge in [0.1, 0.15) is 5.75 Å². The maximum absolute atomic E-state index is 5.57. The van der Waals surface area contributed by atoms with Gasteiger partial charge in [-0.3, -0.25) is 0 Å². The monoisotopic (exact) mass is 367 g/mol. The number of hydrogen-bond donors (Lipinski definition) is 0. The number of hydrogen-bond acceptors (Lipinski definition) is 1. The van der Waals surface area contributed by atoms with Crippen LogP contribution in [0.15, 0.2) is 22.7 Å². The third-order valence-electron chi connectivity index (χ3n) is 1.47. The van der Waals surface area contributed by atoms with Gasteiger partial charge < -0.3 is 4.74 Å². The summed E-state index contributed by atoms with van der Waals surface area (Å²) in [5, 5.41) is 0. The molecule has 3 radical (unpaired) electrons. The van der Waals surface area contributed by atoms with E-state index in [1.165, 1.54) is 0 Å². The molecule has 1 rings (SSSR count). The van der Waals surface area contributed by atoms with Gasteiger partial charge >= 0.3 is 0 Å². The second-order valence-electron chi connectivity index (χ2n) is 2.53. The molecule has 0 N–H and O–H groups in total. The van der Waals surface area contributed by atoms with Crippen LogP contribution in [-0.4, -0.2) is 16.8 Å². The fourth-order valence-corrected chi connectivity index (χ4v) is 2.45. The summed E-state index contributed by atoms with van der Waals surface area (Å²) in [6.07, 6.45) is 1.03. The fourth-order valence-electron chi connectivity index (χ4n) is 0.847. The van der Waals surface area contributed by atoms with Crippen molar-refractivity contribution in [2.45, 2.75) is 12.5 Å². The molecule has 0 aromatic heterocycles. The molecule has 1 aromatic rings. The van der Waals surface area contributed by atoms with Crippen LogP contribution in [0.3, 0.4) is 0 Å². The first-order chi connectivity index (χ1) is 6.24. The van der Waals surface area contributed by atoms with E-state index in [-0.39, 0.29) is 0 Å². The Morgan fingerprint density at radius 1 is 1.46 bits per heavy atom. The smallest absolute Gasteiger partial charge is 0.132 e. The molecule has 0 saturated heterocycles. The maximum atomic E-state index is 5.57. The highest BCUT2D eigenvalue weighted by molar-refractivity contribution is 14.1. The minimum absolute atomic E-state index is 0.765. The zero-order chi connectivity index (χ0) is 9.68. The number of rotatable bonds is 4. The van der Waals surface area contributed by atoms with Gasteiger partial charge in [-0.15, -0.1) is 0 Å². The molecular weight excluding hydrogens is 359 g/mol. The number of halogens is 2. The molecule has 69 valence electrons. The lowest BCUT2D eigenvalue weighted by atomic mass is 10.3. The molecular formula is C9H9BrIOSi. The lowest BCUT2D eigenvalue weighted by Gasteiger charge is -2.07. The molecule has 0 unspecified atom stereocenters. The van der Waals surface area contributed by atoms with Crippen LogP contribution in [0.2, 0.25) is 6.04 Å². The van der Waals surface area contributed by atoms with Gasteiger partial charge in [0.15, 0.2) is 0 Å². The van der Waals surface area contributed by atoms with E-state index in [0.29, 0.717) is 0 Å². The molecule has 0 aliphatic heterocycles. The van der Waals surface area contributed by atoms with Crippen LogP contribution in [0, 0.1) is 3.57 Å². The topological polar surface area (TPSA) is 9.23 Å². The van der Waals surface area contributed by atoms with E-state index in [4.69, 9.17) is 4.74 Å². The molecule has 0 aliphatic carbocycles. The molecule has 13 heavy (non-hydrogen) atoms. The van der Waals surface area contributed by atoms with Crippen molar-refractivity contribution in [3.05, 3.63) is 26.2 Å². The van der Waals surface area contributed by atoms with Gasteiger partial charge in [-0.1, -0.05) is 22.0 Å². The van der Waals surface area contributed by atoms with Crippen LogP contribution >= 0.6 is 38.5 Å². The number of ether oxygens (including phenoxy) is 1. The Morgan fingerprint density at radius 3 is 2.85 bits per heavy atom. The highest BCUT2D eigenvalue weighted by Crippen LogP contribution is 2.24. The van der Waals surface area contributed by atoms with Crippen molar-refractivity contribution in [1.29, 1.82) is 0 Å². The van der Waals surface area contributed by atoms with E-state index in [2.05, 4.69) is 48.8 Å². The average Bonchev–Trinajstić information content (AvgIpc) is 2.09. The Labute approximate surface area is 104 Å². The maximum Gasteiger partial charge on any atom is 0.132 e. The van der Waals surface area contributed by atoms with Gasteiger partial charge in [0.05, 0.1) is 10.2 Å². The standard InChI is InChI=1S/C9H9BrIOSi/c10-7-2-3-9(8(11)6-7)12-4-1-5-13/h2-3,6H,1,4-5H2. The Hall–Kier alpha value is 0.447. The molecule has 0 bridgehead atoms. The predicted molar refractivity (Wildman–Crippen MR) is 67.5 cm³/mol. The molecule has 0 atom stereocenters. The minimum atomic E-state index is 0.765. The summed E-state index contributed by atoms with van der Waals surface area (Å²) >= 11 is 5.68. The van der Waals surface area contributed by atoms with Crippen LogP contribution < -0.4 is 4.74 Å². The van der Waals surface area contributed by atoms with Crippen molar-refractivity contribution in [3.63, 3.8) is 0 Å². The molecule has 4 heteroatoms. The minimum Gasteiger partial charge on any atom is -0.492 e. The summed E-state index contributed by atoms with van der Waals surface area (Å²) < 4.78 is 7.80. The van der Waals surface area contributed by atoms with Crippen LogP contribution in [-0.2, 0) is 0 Å². The summed E-state index contributed by atoms with van der Waals surface area (Å²) in [6, 6.07) is 7.00. The normalized spacial score (nSPS) is 10.1. The molecule has 0 saturated carbocycles. The summed E-state index contributed by atoms with van der Waals surface area (Å²) in [5.41, 5.74) is 0. The molecule has 0 amide bonds. The fraction of sp³-hybridized carbons (Fsp3) is 0.333. The summed E-state index contributed by atoms with van der Waals surface area (Å²) in [4.78, 5) is 0. The average molecular weight is 368 g/mol. The molecule has 1 aromatic carbocycles. The van der Waals surface area contributed by atoms with E-state index in [9.17, 15) is 0 Å². The van der Waals surface area contributed by atoms with E-state index >= 15 is 0 Å². The van der Waals surface area contributed by atoms with Crippen molar-refractivity contribution >= 4 is 48.8 Å². The van der Waals surface area contributed by atoms with Gasteiger partial charge in [0.25, 0.3) is 0 Å². The quantitative estimate of drug-likeness (QED) is 0.450. The highest BCUT2D eigenvalue weighted by atomic mass is 127. The van der Waals surface area contributed by atoms with Gasteiger partial charge in [-0.25, -0.2) is 0 Å². The second-order valence-corrected chi connectivity index (χ2v) is 5.10. The Morgan fingerprint density at radius 2 is 2.23 bits per heavy atom. The molecule has 1 nitrogen and oxygen atoms in total. The zero-order valence-corrected chi connectivity index (χ0v) is 11.8. The predicted octanol–water partition coefficient (Wildman–Crippen LogP) is 3.41. The molecule has 0 fully saturated rings. The van der Waals surface area contributed by atoms with Crippen LogP contribution in [0.5, 0.6) is 5.75 Å². The van der Waals surface area contributed by atoms with Crippen molar-refractivity contribution in [1.82, 2.24) is 0 Å². The highest BCUT2D eigenvalue weighted by Gasteiger charge is 2.00. The molecule has 0 spiro atoms. The van der Waals surface area contributed by atoms with Crippen molar-refractivity contribution < 1.29 is 4.74 Å². The first kappa shape index (κ1) is 11.5. The lowest BCUT2D eigenvalue weighted by molar-refractivity contribution is 0.315. The largest absolute Gasteiger partial charge is 0.492 e. The van der Waals surface area contributed by atoms with Crippen LogP contribution in [0.4, 0.5) is 0 Å². The Balaban J connectivity index is 2.56. The van der Waals surface area contributed by atoms with Gasteiger partial charge in [-0.2, -0.15) is 0 Å². The van der Waals surface area contributed by atoms with Crippen molar-refractivity contribution in [3.8, 4) is 5.75 Å². The Kier molecular flexibility index (Phi) is 5.34. The SMILES string of the molecule is [Si]CCCOc1ccc(Br)cc1I. The molecule has 0 heterocycles.